The number of halogens is 1. The minimum absolute atomic E-state index is 0.188. The lowest BCUT2D eigenvalue weighted by molar-refractivity contribution is -0.122. The normalized spacial score (nSPS) is 15.9. The van der Waals surface area contributed by atoms with E-state index in [1.807, 2.05) is 37.3 Å². The Labute approximate surface area is 176 Å². The van der Waals surface area contributed by atoms with E-state index in [9.17, 15) is 9.59 Å². The van der Waals surface area contributed by atoms with Gasteiger partial charge in [-0.15, -0.1) is 0 Å². The minimum Gasteiger partial charge on any atom is -0.342 e. The Bertz CT molecular complexity index is 1090. The van der Waals surface area contributed by atoms with Crippen molar-refractivity contribution >= 4 is 55.8 Å². The highest BCUT2D eigenvalue weighted by molar-refractivity contribution is 9.10. The number of carbonyl (C=O) groups is 2. The molecule has 4 rings (SSSR count). The number of aromatic nitrogens is 1. The first-order valence-corrected chi connectivity index (χ1v) is 10.8. The molecular weight excluding hydrogens is 436 g/mol. The summed E-state index contributed by atoms with van der Waals surface area (Å²) in [6, 6.07) is 16.4. The van der Waals surface area contributed by atoms with Gasteiger partial charge >= 0.3 is 0 Å². The molecule has 0 spiro atoms. The number of imide groups is 1. The van der Waals surface area contributed by atoms with E-state index in [1.54, 1.807) is 0 Å². The topological polar surface area (TPSA) is 42.3 Å². The SMILES string of the molecule is CCCN1C(=O)S/C(=C\c2cn(Cc3ccccc3)c3ccc(Br)cc23)C1=O. The number of benzene rings is 2. The van der Waals surface area contributed by atoms with Crippen LogP contribution in [0.15, 0.2) is 64.1 Å². The van der Waals surface area contributed by atoms with Crippen LogP contribution in [0.2, 0.25) is 0 Å². The quantitative estimate of drug-likeness (QED) is 0.450. The summed E-state index contributed by atoms with van der Waals surface area (Å²) in [5.74, 6) is -0.198. The van der Waals surface area contributed by atoms with Crippen LogP contribution < -0.4 is 0 Å². The lowest BCUT2D eigenvalue weighted by Gasteiger charge is -2.09. The van der Waals surface area contributed by atoms with Crippen molar-refractivity contribution in [3.63, 3.8) is 0 Å². The Morgan fingerprint density at radius 3 is 2.64 bits per heavy atom. The van der Waals surface area contributed by atoms with Gasteiger partial charge in [-0.1, -0.05) is 53.2 Å². The van der Waals surface area contributed by atoms with Crippen LogP contribution >= 0.6 is 27.7 Å². The second-order valence-electron chi connectivity index (χ2n) is 6.69. The van der Waals surface area contributed by atoms with E-state index in [4.69, 9.17) is 0 Å². The van der Waals surface area contributed by atoms with E-state index in [2.05, 4.69) is 51.0 Å². The summed E-state index contributed by atoms with van der Waals surface area (Å²) in [6.07, 6.45) is 4.66. The average molecular weight is 455 g/mol. The van der Waals surface area contributed by atoms with Gasteiger partial charge in [0.1, 0.15) is 0 Å². The molecule has 0 aliphatic carbocycles. The van der Waals surface area contributed by atoms with Gasteiger partial charge in [0, 0.05) is 40.2 Å². The van der Waals surface area contributed by atoms with Gasteiger partial charge in [0.2, 0.25) is 0 Å². The Morgan fingerprint density at radius 2 is 1.89 bits per heavy atom. The van der Waals surface area contributed by atoms with Crippen LogP contribution in [0.5, 0.6) is 0 Å². The number of hydrogen-bond donors (Lipinski definition) is 0. The Morgan fingerprint density at radius 1 is 1.11 bits per heavy atom. The number of rotatable bonds is 5. The molecule has 0 N–H and O–H groups in total. The molecule has 2 amide bonds. The minimum atomic E-state index is -0.198. The lowest BCUT2D eigenvalue weighted by atomic mass is 10.1. The molecule has 142 valence electrons. The number of nitrogens with zero attached hydrogens (tertiary/aromatic N) is 2. The summed E-state index contributed by atoms with van der Waals surface area (Å²) in [5.41, 5.74) is 3.23. The van der Waals surface area contributed by atoms with Crippen LogP contribution in [0, 0.1) is 0 Å². The Kier molecular flexibility index (Phi) is 5.42. The molecule has 6 heteroatoms. The fourth-order valence-corrected chi connectivity index (χ4v) is 4.60. The first-order valence-electron chi connectivity index (χ1n) is 9.14. The predicted octanol–water partition coefficient (Wildman–Crippen LogP) is 5.90. The van der Waals surface area contributed by atoms with Gasteiger partial charge in [-0.2, -0.15) is 0 Å². The maximum absolute atomic E-state index is 12.6. The third kappa shape index (κ3) is 3.66. The molecule has 3 aromatic rings. The van der Waals surface area contributed by atoms with Crippen molar-refractivity contribution in [2.45, 2.75) is 19.9 Å². The van der Waals surface area contributed by atoms with Crippen molar-refractivity contribution in [3.8, 4) is 0 Å². The van der Waals surface area contributed by atoms with Crippen LogP contribution in [-0.2, 0) is 11.3 Å². The number of hydrogen-bond acceptors (Lipinski definition) is 3. The van der Waals surface area contributed by atoms with Crippen molar-refractivity contribution in [1.82, 2.24) is 9.47 Å². The Hall–Kier alpha value is -2.31. The fourth-order valence-electron chi connectivity index (χ4n) is 3.38. The summed E-state index contributed by atoms with van der Waals surface area (Å²) in [6.45, 7) is 3.16. The van der Waals surface area contributed by atoms with Crippen molar-refractivity contribution in [2.24, 2.45) is 0 Å². The molecule has 1 saturated heterocycles. The third-order valence-electron chi connectivity index (χ3n) is 4.68. The maximum atomic E-state index is 12.6. The molecule has 4 nitrogen and oxygen atoms in total. The number of fused-ring (bicyclic) bond motifs is 1. The molecule has 1 fully saturated rings. The van der Waals surface area contributed by atoms with E-state index in [0.717, 1.165) is 45.7 Å². The number of carbonyl (C=O) groups excluding carboxylic acids is 2. The highest BCUT2D eigenvalue weighted by Gasteiger charge is 2.34. The summed E-state index contributed by atoms with van der Waals surface area (Å²) >= 11 is 4.56. The van der Waals surface area contributed by atoms with Crippen molar-refractivity contribution in [2.75, 3.05) is 6.54 Å². The molecular formula is C22H19BrN2O2S. The zero-order chi connectivity index (χ0) is 19.7. The highest BCUT2D eigenvalue weighted by atomic mass is 79.9. The van der Waals surface area contributed by atoms with Gasteiger partial charge in [0.25, 0.3) is 11.1 Å². The number of thioether (sulfide) groups is 1. The van der Waals surface area contributed by atoms with Crippen LogP contribution in [-0.4, -0.2) is 27.2 Å². The predicted molar refractivity (Wildman–Crippen MR) is 118 cm³/mol. The van der Waals surface area contributed by atoms with Crippen LogP contribution in [0.25, 0.3) is 17.0 Å². The maximum Gasteiger partial charge on any atom is 0.293 e. The highest BCUT2D eigenvalue weighted by Crippen LogP contribution is 2.35. The van der Waals surface area contributed by atoms with Crippen LogP contribution in [0.3, 0.4) is 0 Å². The first kappa shape index (κ1) is 19.0. The largest absolute Gasteiger partial charge is 0.342 e. The van der Waals surface area contributed by atoms with Gasteiger partial charge in [0.15, 0.2) is 0 Å². The van der Waals surface area contributed by atoms with Crippen LogP contribution in [0.4, 0.5) is 4.79 Å². The molecule has 1 aromatic heterocycles. The van der Waals surface area contributed by atoms with Gasteiger partial charge in [-0.25, -0.2) is 0 Å². The number of amides is 2. The molecule has 0 bridgehead atoms. The lowest BCUT2D eigenvalue weighted by Crippen LogP contribution is -2.28. The van der Waals surface area contributed by atoms with Crippen molar-refractivity contribution in [1.29, 1.82) is 0 Å². The molecule has 0 radical (unpaired) electrons. The molecule has 1 aliphatic rings. The van der Waals surface area contributed by atoms with E-state index in [0.29, 0.717) is 11.4 Å². The molecule has 2 aromatic carbocycles. The monoisotopic (exact) mass is 454 g/mol. The second kappa shape index (κ2) is 7.97. The zero-order valence-corrected chi connectivity index (χ0v) is 17.8. The first-order chi connectivity index (χ1) is 13.6. The van der Waals surface area contributed by atoms with Crippen molar-refractivity contribution < 1.29 is 9.59 Å². The average Bonchev–Trinajstić information content (AvgIpc) is 3.15. The van der Waals surface area contributed by atoms with E-state index in [-0.39, 0.29) is 11.1 Å². The van der Waals surface area contributed by atoms with Gasteiger partial charge in [-0.05, 0) is 48.0 Å². The van der Waals surface area contributed by atoms with Gasteiger partial charge < -0.3 is 4.57 Å². The van der Waals surface area contributed by atoms with Crippen LogP contribution in [0.1, 0.15) is 24.5 Å². The summed E-state index contributed by atoms with van der Waals surface area (Å²) in [7, 11) is 0. The van der Waals surface area contributed by atoms with Gasteiger partial charge in [-0.3, -0.25) is 14.5 Å². The standard InChI is InChI=1S/C22H19BrN2O2S/c1-2-10-25-21(26)20(28-22(25)27)11-16-14-24(13-15-6-4-3-5-7-15)19-9-8-17(23)12-18(16)19/h3-9,11-12,14H,2,10,13H2,1H3/b20-11-. The second-order valence-corrected chi connectivity index (χ2v) is 8.60. The summed E-state index contributed by atoms with van der Waals surface area (Å²) in [4.78, 5) is 26.6. The van der Waals surface area contributed by atoms with E-state index < -0.39 is 0 Å². The molecule has 2 heterocycles. The summed E-state index contributed by atoms with van der Waals surface area (Å²) < 4.78 is 3.16. The smallest absolute Gasteiger partial charge is 0.293 e. The Balaban J connectivity index is 1.76. The van der Waals surface area contributed by atoms with Gasteiger partial charge in [0.05, 0.1) is 4.91 Å². The van der Waals surface area contributed by atoms with Crippen molar-refractivity contribution in [3.05, 3.63) is 75.2 Å². The molecule has 28 heavy (non-hydrogen) atoms. The fraction of sp³-hybridized carbons (Fsp3) is 0.182. The van der Waals surface area contributed by atoms with E-state index >= 15 is 0 Å². The molecule has 0 unspecified atom stereocenters. The third-order valence-corrected chi connectivity index (χ3v) is 6.08. The zero-order valence-electron chi connectivity index (χ0n) is 15.4. The summed E-state index contributed by atoms with van der Waals surface area (Å²) in [5, 5.41) is 0.861. The molecule has 1 aliphatic heterocycles. The molecule has 0 atom stereocenters. The van der Waals surface area contributed by atoms with E-state index in [1.165, 1.54) is 10.5 Å². The molecule has 0 saturated carbocycles.